The van der Waals surface area contributed by atoms with Gasteiger partial charge < -0.3 is 5.32 Å². The van der Waals surface area contributed by atoms with Crippen LogP contribution in [0, 0.1) is 12.7 Å². The van der Waals surface area contributed by atoms with Crippen molar-refractivity contribution in [2.24, 2.45) is 0 Å². The van der Waals surface area contributed by atoms with Crippen molar-refractivity contribution < 1.29 is 9.18 Å². The van der Waals surface area contributed by atoms with Crippen molar-refractivity contribution in [3.05, 3.63) is 62.7 Å². The van der Waals surface area contributed by atoms with E-state index in [4.69, 9.17) is 23.2 Å². The maximum absolute atomic E-state index is 13.9. The predicted octanol–water partition coefficient (Wildman–Crippen LogP) is 5.91. The smallest absolute Gasteiger partial charge is 0.266 e. The van der Waals surface area contributed by atoms with Crippen LogP contribution >= 0.6 is 34.5 Å². The normalized spacial score (nSPS) is 10.9. The number of hydrogen-bond donors (Lipinski definition) is 1. The van der Waals surface area contributed by atoms with E-state index in [1.165, 1.54) is 17.4 Å². The minimum atomic E-state index is -0.331. The molecule has 0 atom stereocenters. The third-order valence-electron chi connectivity index (χ3n) is 3.29. The zero-order chi connectivity index (χ0) is 15.9. The summed E-state index contributed by atoms with van der Waals surface area (Å²) in [6.45, 7) is 1.73. The van der Waals surface area contributed by atoms with Crippen molar-refractivity contribution in [2.45, 2.75) is 6.92 Å². The van der Waals surface area contributed by atoms with Gasteiger partial charge in [0.05, 0.1) is 15.6 Å². The quantitative estimate of drug-likeness (QED) is 0.609. The zero-order valence-corrected chi connectivity index (χ0v) is 13.7. The van der Waals surface area contributed by atoms with Gasteiger partial charge in [0, 0.05) is 15.1 Å². The summed E-state index contributed by atoms with van der Waals surface area (Å²) in [5.74, 6) is -0.659. The number of nitrogens with one attached hydrogen (secondary N) is 1. The van der Waals surface area contributed by atoms with Crippen molar-refractivity contribution in [2.75, 3.05) is 5.32 Å². The standard InChI is InChI=1S/C16H10Cl2FNOS/c1-8-14-11(19)3-2-4-13(14)22-15(8)16(21)20-12-7-9(17)5-6-10(12)18/h2-7H,1H3,(H,20,21). The highest BCUT2D eigenvalue weighted by atomic mass is 35.5. The number of thiophene rings is 1. The monoisotopic (exact) mass is 353 g/mol. The lowest BCUT2D eigenvalue weighted by molar-refractivity contribution is 0.103. The number of amides is 1. The molecule has 0 aliphatic rings. The summed E-state index contributed by atoms with van der Waals surface area (Å²) in [5, 5.41) is 4.07. The SMILES string of the molecule is Cc1c(C(=O)Nc2cc(Cl)ccc2Cl)sc2cccc(F)c12. The Balaban J connectivity index is 2.01. The fraction of sp³-hybridized carbons (Fsp3) is 0.0625. The Bertz CT molecular complexity index is 891. The Morgan fingerprint density at radius 1 is 1.23 bits per heavy atom. The number of fused-ring (bicyclic) bond motifs is 1. The van der Waals surface area contributed by atoms with Crippen molar-refractivity contribution in [1.82, 2.24) is 0 Å². The fourth-order valence-corrected chi connectivity index (χ4v) is 3.70. The van der Waals surface area contributed by atoms with Gasteiger partial charge in [0.2, 0.25) is 0 Å². The third kappa shape index (κ3) is 2.70. The predicted molar refractivity (Wildman–Crippen MR) is 90.9 cm³/mol. The summed E-state index contributed by atoms with van der Waals surface area (Å²) in [7, 11) is 0. The lowest BCUT2D eigenvalue weighted by atomic mass is 10.1. The second-order valence-electron chi connectivity index (χ2n) is 4.75. The summed E-state index contributed by atoms with van der Waals surface area (Å²) in [6.07, 6.45) is 0. The number of benzene rings is 2. The van der Waals surface area contributed by atoms with Gasteiger partial charge in [0.25, 0.3) is 5.91 Å². The summed E-state index contributed by atoms with van der Waals surface area (Å²) < 4.78 is 14.6. The molecule has 0 bridgehead atoms. The number of hydrogen-bond acceptors (Lipinski definition) is 2. The van der Waals surface area contributed by atoms with Crippen LogP contribution in [0.15, 0.2) is 36.4 Å². The van der Waals surface area contributed by atoms with Gasteiger partial charge in [-0.2, -0.15) is 0 Å². The summed E-state index contributed by atoms with van der Waals surface area (Å²) in [6, 6.07) is 9.63. The summed E-state index contributed by atoms with van der Waals surface area (Å²) >= 11 is 13.2. The lowest BCUT2D eigenvalue weighted by Crippen LogP contribution is -2.11. The molecule has 112 valence electrons. The first-order chi connectivity index (χ1) is 10.5. The number of carbonyl (C=O) groups excluding carboxylic acids is 1. The third-order valence-corrected chi connectivity index (χ3v) is 5.11. The van der Waals surface area contributed by atoms with Crippen molar-refractivity contribution in [1.29, 1.82) is 0 Å². The number of rotatable bonds is 2. The second-order valence-corrected chi connectivity index (χ2v) is 6.64. The molecule has 1 amide bonds. The van der Waals surface area contributed by atoms with Gasteiger partial charge >= 0.3 is 0 Å². The molecular formula is C16H10Cl2FNOS. The maximum atomic E-state index is 13.9. The minimum Gasteiger partial charge on any atom is -0.320 e. The van der Waals surface area contributed by atoms with Crippen LogP contribution in [0.2, 0.25) is 10.0 Å². The molecule has 3 rings (SSSR count). The molecule has 1 N–H and O–H groups in total. The van der Waals surface area contributed by atoms with Crippen LogP contribution in [0.4, 0.5) is 10.1 Å². The van der Waals surface area contributed by atoms with Gasteiger partial charge in [0.15, 0.2) is 0 Å². The molecule has 0 aliphatic heterocycles. The van der Waals surface area contributed by atoms with E-state index in [0.717, 1.165) is 4.70 Å². The van der Waals surface area contributed by atoms with Gasteiger partial charge in [0.1, 0.15) is 5.82 Å². The largest absolute Gasteiger partial charge is 0.320 e. The zero-order valence-electron chi connectivity index (χ0n) is 11.4. The molecule has 0 unspecified atom stereocenters. The molecule has 0 saturated carbocycles. The highest BCUT2D eigenvalue weighted by Gasteiger charge is 2.18. The van der Waals surface area contributed by atoms with Gasteiger partial charge in [-0.25, -0.2) is 4.39 Å². The van der Waals surface area contributed by atoms with Crippen LogP contribution < -0.4 is 5.32 Å². The minimum absolute atomic E-state index is 0.328. The Labute approximate surface area is 140 Å². The van der Waals surface area contributed by atoms with E-state index in [-0.39, 0.29) is 11.7 Å². The molecule has 0 fully saturated rings. The number of aryl methyl sites for hydroxylation is 1. The highest BCUT2D eigenvalue weighted by molar-refractivity contribution is 7.21. The van der Waals surface area contributed by atoms with Gasteiger partial charge in [-0.3, -0.25) is 4.79 Å². The van der Waals surface area contributed by atoms with E-state index in [1.54, 1.807) is 37.3 Å². The molecule has 1 heterocycles. The van der Waals surface area contributed by atoms with E-state index >= 15 is 0 Å². The maximum Gasteiger partial charge on any atom is 0.266 e. The van der Waals surface area contributed by atoms with Gasteiger partial charge in [-0.15, -0.1) is 11.3 Å². The first kappa shape index (κ1) is 15.3. The molecule has 2 nitrogen and oxygen atoms in total. The molecule has 0 aliphatic carbocycles. The fourth-order valence-electron chi connectivity index (χ4n) is 2.24. The molecular weight excluding hydrogens is 344 g/mol. The van der Waals surface area contributed by atoms with E-state index in [1.807, 2.05) is 0 Å². The first-order valence-corrected chi connectivity index (χ1v) is 7.98. The molecule has 0 radical (unpaired) electrons. The topological polar surface area (TPSA) is 29.1 Å². The van der Waals surface area contributed by atoms with Crippen LogP contribution in [0.1, 0.15) is 15.2 Å². The lowest BCUT2D eigenvalue weighted by Gasteiger charge is -2.07. The Morgan fingerprint density at radius 2 is 2.00 bits per heavy atom. The number of anilines is 1. The Hall–Kier alpha value is -1.62. The Kier molecular flexibility index (Phi) is 4.08. The van der Waals surface area contributed by atoms with Gasteiger partial charge in [-0.1, -0.05) is 29.3 Å². The molecule has 22 heavy (non-hydrogen) atoms. The second kappa shape index (κ2) is 5.88. The average molecular weight is 354 g/mol. The summed E-state index contributed by atoms with van der Waals surface area (Å²) in [5.41, 5.74) is 1.05. The van der Waals surface area contributed by atoms with Crippen molar-refractivity contribution in [3.8, 4) is 0 Å². The van der Waals surface area contributed by atoms with Crippen molar-refractivity contribution in [3.63, 3.8) is 0 Å². The molecule has 0 saturated heterocycles. The van der Waals surface area contributed by atoms with Crippen LogP contribution in [0.3, 0.4) is 0 Å². The Morgan fingerprint density at radius 3 is 2.73 bits per heavy atom. The highest BCUT2D eigenvalue weighted by Crippen LogP contribution is 2.34. The molecule has 2 aromatic carbocycles. The molecule has 3 aromatic rings. The molecule has 6 heteroatoms. The van der Waals surface area contributed by atoms with Crippen molar-refractivity contribution >= 4 is 56.2 Å². The number of carbonyl (C=O) groups is 1. The van der Waals surface area contributed by atoms with E-state index in [2.05, 4.69) is 5.32 Å². The average Bonchev–Trinajstić information content (AvgIpc) is 2.81. The van der Waals surface area contributed by atoms with Crippen LogP contribution in [0.5, 0.6) is 0 Å². The number of halogens is 3. The van der Waals surface area contributed by atoms with Crippen LogP contribution in [0.25, 0.3) is 10.1 Å². The van der Waals surface area contributed by atoms with E-state index in [0.29, 0.717) is 31.6 Å². The molecule has 1 aromatic heterocycles. The van der Waals surface area contributed by atoms with Crippen LogP contribution in [-0.4, -0.2) is 5.91 Å². The summed E-state index contributed by atoms with van der Waals surface area (Å²) in [4.78, 5) is 12.9. The first-order valence-electron chi connectivity index (χ1n) is 6.41. The van der Waals surface area contributed by atoms with Crippen LogP contribution in [-0.2, 0) is 0 Å². The molecule has 0 spiro atoms. The van der Waals surface area contributed by atoms with E-state index < -0.39 is 0 Å². The van der Waals surface area contributed by atoms with Gasteiger partial charge in [-0.05, 0) is 42.8 Å². The van der Waals surface area contributed by atoms with E-state index in [9.17, 15) is 9.18 Å².